The summed E-state index contributed by atoms with van der Waals surface area (Å²) in [6.45, 7) is 4.48. The SMILES string of the molecule is COCc1cc(-c2nc(-c3cnc(Cl)c(C)c3)no2)ccc1-c1ccccc1C. The number of hydrogen-bond acceptors (Lipinski definition) is 5. The molecule has 0 amide bonds. The summed E-state index contributed by atoms with van der Waals surface area (Å²) in [5, 5.41) is 4.57. The minimum absolute atomic E-state index is 0.446. The first-order chi connectivity index (χ1) is 14.1. The van der Waals surface area contributed by atoms with Gasteiger partial charge >= 0.3 is 0 Å². The van der Waals surface area contributed by atoms with Gasteiger partial charge in [0.05, 0.1) is 6.61 Å². The van der Waals surface area contributed by atoms with Gasteiger partial charge in [0.1, 0.15) is 5.15 Å². The van der Waals surface area contributed by atoms with Crippen LogP contribution in [0.1, 0.15) is 16.7 Å². The second kappa shape index (κ2) is 8.15. The Morgan fingerprint density at radius 2 is 1.79 bits per heavy atom. The monoisotopic (exact) mass is 405 g/mol. The standard InChI is InChI=1S/C23H20ClN3O2/c1-14-6-4-5-7-19(14)20-9-8-16(11-18(20)13-28-3)23-26-22(27-29-23)17-10-15(2)21(24)25-12-17/h4-12H,13H2,1-3H3. The van der Waals surface area contributed by atoms with Gasteiger partial charge in [-0.3, -0.25) is 0 Å². The molecule has 0 aliphatic rings. The first-order valence-electron chi connectivity index (χ1n) is 9.21. The van der Waals surface area contributed by atoms with Crippen LogP contribution >= 0.6 is 11.6 Å². The number of methoxy groups -OCH3 is 1. The third-order valence-corrected chi connectivity index (χ3v) is 5.18. The maximum absolute atomic E-state index is 6.01. The number of nitrogens with zero attached hydrogens (tertiary/aromatic N) is 3. The molecule has 0 spiro atoms. The Kier molecular flexibility index (Phi) is 5.43. The van der Waals surface area contributed by atoms with E-state index in [1.165, 1.54) is 11.1 Å². The van der Waals surface area contributed by atoms with E-state index in [0.29, 0.717) is 23.5 Å². The summed E-state index contributed by atoms with van der Waals surface area (Å²) in [4.78, 5) is 8.70. The highest BCUT2D eigenvalue weighted by molar-refractivity contribution is 6.30. The fourth-order valence-electron chi connectivity index (χ4n) is 3.28. The molecule has 0 bridgehead atoms. The quantitative estimate of drug-likeness (QED) is 0.388. The van der Waals surface area contributed by atoms with E-state index in [2.05, 4.69) is 40.2 Å². The zero-order valence-corrected chi connectivity index (χ0v) is 17.2. The molecule has 0 aliphatic carbocycles. The number of benzene rings is 2. The number of rotatable bonds is 5. The van der Waals surface area contributed by atoms with Crippen molar-refractivity contribution in [1.82, 2.24) is 15.1 Å². The third-order valence-electron chi connectivity index (χ3n) is 4.79. The topological polar surface area (TPSA) is 61.0 Å². The summed E-state index contributed by atoms with van der Waals surface area (Å²) < 4.78 is 10.9. The minimum atomic E-state index is 0.446. The summed E-state index contributed by atoms with van der Waals surface area (Å²) in [6.07, 6.45) is 1.64. The third kappa shape index (κ3) is 3.92. The lowest BCUT2D eigenvalue weighted by Gasteiger charge is -2.12. The van der Waals surface area contributed by atoms with Crippen LogP contribution in [-0.2, 0) is 11.3 Å². The Labute approximate surface area is 174 Å². The number of hydrogen-bond donors (Lipinski definition) is 0. The van der Waals surface area contributed by atoms with Gasteiger partial charge in [-0.05, 0) is 59.9 Å². The number of aryl methyl sites for hydroxylation is 2. The van der Waals surface area contributed by atoms with E-state index in [0.717, 1.165) is 27.8 Å². The fourth-order valence-corrected chi connectivity index (χ4v) is 3.38. The van der Waals surface area contributed by atoms with E-state index in [1.54, 1.807) is 13.3 Å². The first kappa shape index (κ1) is 19.3. The predicted octanol–water partition coefficient (Wildman–Crippen LogP) is 5.88. The van der Waals surface area contributed by atoms with Crippen LogP contribution in [-0.4, -0.2) is 22.2 Å². The number of aromatic nitrogens is 3. The normalized spacial score (nSPS) is 11.0. The lowest BCUT2D eigenvalue weighted by Crippen LogP contribution is -1.95. The molecule has 2 aromatic carbocycles. The lowest BCUT2D eigenvalue weighted by molar-refractivity contribution is 0.185. The highest BCUT2D eigenvalue weighted by atomic mass is 35.5. The van der Waals surface area contributed by atoms with Crippen molar-refractivity contribution in [2.24, 2.45) is 0 Å². The molecule has 0 radical (unpaired) electrons. The molecule has 0 atom stereocenters. The molecule has 5 nitrogen and oxygen atoms in total. The van der Waals surface area contributed by atoms with Crippen LogP contribution in [0.25, 0.3) is 34.0 Å². The van der Waals surface area contributed by atoms with E-state index >= 15 is 0 Å². The van der Waals surface area contributed by atoms with Crippen molar-refractivity contribution in [1.29, 1.82) is 0 Å². The molecule has 4 aromatic rings. The molecular weight excluding hydrogens is 386 g/mol. The molecule has 0 saturated carbocycles. The Balaban J connectivity index is 1.73. The van der Waals surface area contributed by atoms with E-state index in [1.807, 2.05) is 37.3 Å². The van der Waals surface area contributed by atoms with Crippen LogP contribution in [0.15, 0.2) is 59.3 Å². The summed E-state index contributed by atoms with van der Waals surface area (Å²) in [6, 6.07) is 16.3. The summed E-state index contributed by atoms with van der Waals surface area (Å²) >= 11 is 6.01. The van der Waals surface area contributed by atoms with E-state index < -0.39 is 0 Å². The minimum Gasteiger partial charge on any atom is -0.380 e. The van der Waals surface area contributed by atoms with Gasteiger partial charge in [0.15, 0.2) is 0 Å². The molecule has 0 N–H and O–H groups in total. The highest BCUT2D eigenvalue weighted by Gasteiger charge is 2.15. The van der Waals surface area contributed by atoms with Crippen molar-refractivity contribution < 1.29 is 9.26 Å². The molecule has 146 valence electrons. The van der Waals surface area contributed by atoms with Gasteiger partial charge in [-0.25, -0.2) is 4.98 Å². The van der Waals surface area contributed by atoms with Gasteiger partial charge in [-0.1, -0.05) is 47.1 Å². The average Bonchev–Trinajstić information content (AvgIpc) is 3.21. The molecule has 0 fully saturated rings. The highest BCUT2D eigenvalue weighted by Crippen LogP contribution is 2.31. The van der Waals surface area contributed by atoms with Gasteiger partial charge in [0.2, 0.25) is 5.82 Å². The maximum atomic E-state index is 6.01. The van der Waals surface area contributed by atoms with Gasteiger partial charge in [-0.2, -0.15) is 4.98 Å². The molecule has 2 aromatic heterocycles. The second-order valence-electron chi connectivity index (χ2n) is 6.87. The predicted molar refractivity (Wildman–Crippen MR) is 114 cm³/mol. The van der Waals surface area contributed by atoms with Crippen LogP contribution in [0, 0.1) is 13.8 Å². The Hall–Kier alpha value is -3.02. The van der Waals surface area contributed by atoms with Crippen LogP contribution in [0.2, 0.25) is 5.15 Å². The smallest absolute Gasteiger partial charge is 0.258 e. The summed E-state index contributed by atoms with van der Waals surface area (Å²) in [5.41, 5.74) is 7.04. The van der Waals surface area contributed by atoms with Gasteiger partial charge in [-0.15, -0.1) is 0 Å². The fraction of sp³-hybridized carbons (Fsp3) is 0.174. The molecule has 0 unspecified atom stereocenters. The van der Waals surface area contributed by atoms with Crippen LogP contribution in [0.4, 0.5) is 0 Å². The molecule has 4 rings (SSSR count). The molecule has 2 heterocycles. The van der Waals surface area contributed by atoms with Crippen molar-refractivity contribution in [3.8, 4) is 34.0 Å². The van der Waals surface area contributed by atoms with Crippen molar-refractivity contribution in [3.05, 3.63) is 76.6 Å². The lowest BCUT2D eigenvalue weighted by atomic mass is 9.94. The number of ether oxygens (including phenoxy) is 1. The zero-order valence-electron chi connectivity index (χ0n) is 16.4. The first-order valence-corrected chi connectivity index (χ1v) is 9.59. The summed E-state index contributed by atoms with van der Waals surface area (Å²) in [7, 11) is 1.69. The van der Waals surface area contributed by atoms with Gasteiger partial charge in [0.25, 0.3) is 5.89 Å². The summed E-state index contributed by atoms with van der Waals surface area (Å²) in [5.74, 6) is 0.921. The Morgan fingerprint density at radius 1 is 0.966 bits per heavy atom. The second-order valence-corrected chi connectivity index (χ2v) is 7.23. The number of halogens is 1. The molecule has 0 saturated heterocycles. The molecule has 29 heavy (non-hydrogen) atoms. The van der Waals surface area contributed by atoms with Crippen molar-refractivity contribution >= 4 is 11.6 Å². The molecule has 0 aliphatic heterocycles. The largest absolute Gasteiger partial charge is 0.380 e. The van der Waals surface area contributed by atoms with Crippen molar-refractivity contribution in [3.63, 3.8) is 0 Å². The van der Waals surface area contributed by atoms with Crippen LogP contribution < -0.4 is 0 Å². The Morgan fingerprint density at radius 3 is 2.55 bits per heavy atom. The molecular formula is C23H20ClN3O2. The Bertz CT molecular complexity index is 1170. The maximum Gasteiger partial charge on any atom is 0.258 e. The van der Waals surface area contributed by atoms with E-state index in [9.17, 15) is 0 Å². The van der Waals surface area contributed by atoms with Crippen molar-refractivity contribution in [2.75, 3.05) is 7.11 Å². The van der Waals surface area contributed by atoms with Gasteiger partial charge < -0.3 is 9.26 Å². The van der Waals surface area contributed by atoms with Crippen molar-refractivity contribution in [2.45, 2.75) is 20.5 Å². The van der Waals surface area contributed by atoms with E-state index in [4.69, 9.17) is 20.9 Å². The van der Waals surface area contributed by atoms with Crippen LogP contribution in [0.5, 0.6) is 0 Å². The number of pyridine rings is 1. The van der Waals surface area contributed by atoms with Crippen LogP contribution in [0.3, 0.4) is 0 Å². The van der Waals surface area contributed by atoms with Gasteiger partial charge in [0, 0.05) is 24.4 Å². The van der Waals surface area contributed by atoms with E-state index in [-0.39, 0.29) is 0 Å². The average molecular weight is 406 g/mol. The molecule has 6 heteroatoms. The zero-order chi connectivity index (χ0) is 20.4.